The summed E-state index contributed by atoms with van der Waals surface area (Å²) in [6.07, 6.45) is 5.18. The van der Waals surface area contributed by atoms with Crippen molar-refractivity contribution in [1.29, 1.82) is 0 Å². The number of nitrogens with one attached hydrogen (secondary N) is 1. The van der Waals surface area contributed by atoms with Crippen molar-refractivity contribution in [3.63, 3.8) is 0 Å². The van der Waals surface area contributed by atoms with Gasteiger partial charge in [-0.2, -0.15) is 0 Å². The SMILES string of the molecule is CCOc1ccccc1OCCNC1(CC)CCC1. The van der Waals surface area contributed by atoms with Crippen LogP contribution in [-0.4, -0.2) is 25.3 Å². The van der Waals surface area contributed by atoms with Gasteiger partial charge < -0.3 is 14.8 Å². The van der Waals surface area contributed by atoms with Gasteiger partial charge in [0.2, 0.25) is 0 Å². The van der Waals surface area contributed by atoms with E-state index in [0.717, 1.165) is 18.0 Å². The molecule has 1 saturated carbocycles. The lowest BCUT2D eigenvalue weighted by Crippen LogP contribution is -2.51. The highest BCUT2D eigenvalue weighted by Crippen LogP contribution is 2.34. The van der Waals surface area contributed by atoms with Crippen LogP contribution >= 0.6 is 0 Å². The molecule has 19 heavy (non-hydrogen) atoms. The molecule has 2 rings (SSSR count). The van der Waals surface area contributed by atoms with Crippen LogP contribution < -0.4 is 14.8 Å². The molecule has 1 aromatic carbocycles. The van der Waals surface area contributed by atoms with E-state index in [0.29, 0.717) is 18.8 Å². The van der Waals surface area contributed by atoms with Gasteiger partial charge >= 0.3 is 0 Å². The van der Waals surface area contributed by atoms with Gasteiger partial charge in [-0.25, -0.2) is 0 Å². The summed E-state index contributed by atoms with van der Waals surface area (Å²) >= 11 is 0. The first-order valence-corrected chi connectivity index (χ1v) is 7.39. The first-order chi connectivity index (χ1) is 9.29. The fourth-order valence-corrected chi connectivity index (χ4v) is 2.58. The summed E-state index contributed by atoms with van der Waals surface area (Å²) in [5, 5.41) is 3.64. The Labute approximate surface area is 116 Å². The lowest BCUT2D eigenvalue weighted by molar-refractivity contribution is 0.164. The van der Waals surface area contributed by atoms with Crippen LogP contribution in [0.1, 0.15) is 39.5 Å². The largest absolute Gasteiger partial charge is 0.490 e. The average Bonchev–Trinajstić information content (AvgIpc) is 2.39. The van der Waals surface area contributed by atoms with Gasteiger partial charge in [-0.3, -0.25) is 0 Å². The third kappa shape index (κ3) is 3.63. The highest BCUT2D eigenvalue weighted by molar-refractivity contribution is 5.39. The highest BCUT2D eigenvalue weighted by Gasteiger charge is 2.33. The predicted octanol–water partition coefficient (Wildman–Crippen LogP) is 3.39. The predicted molar refractivity (Wildman–Crippen MR) is 78.0 cm³/mol. The van der Waals surface area contributed by atoms with E-state index in [1.807, 2.05) is 31.2 Å². The van der Waals surface area contributed by atoms with Crippen LogP contribution in [0.15, 0.2) is 24.3 Å². The second kappa shape index (κ2) is 6.80. The summed E-state index contributed by atoms with van der Waals surface area (Å²) in [5.74, 6) is 1.67. The Morgan fingerprint density at radius 2 is 1.79 bits per heavy atom. The Bertz CT molecular complexity index is 383. The zero-order chi connectivity index (χ0) is 13.6. The van der Waals surface area contributed by atoms with Gasteiger partial charge in [-0.15, -0.1) is 0 Å². The molecule has 0 amide bonds. The van der Waals surface area contributed by atoms with E-state index in [1.54, 1.807) is 0 Å². The molecule has 0 heterocycles. The zero-order valence-electron chi connectivity index (χ0n) is 12.1. The number of benzene rings is 1. The number of para-hydroxylation sites is 2. The highest BCUT2D eigenvalue weighted by atomic mass is 16.5. The number of rotatable bonds is 8. The van der Waals surface area contributed by atoms with Crippen molar-refractivity contribution in [1.82, 2.24) is 5.32 Å². The Balaban J connectivity index is 1.76. The average molecular weight is 263 g/mol. The van der Waals surface area contributed by atoms with Crippen LogP contribution in [0.4, 0.5) is 0 Å². The lowest BCUT2D eigenvalue weighted by atomic mass is 9.75. The summed E-state index contributed by atoms with van der Waals surface area (Å²) in [6.45, 7) is 6.50. The standard InChI is InChI=1S/C16H25NO2/c1-3-16(10-7-11-16)17-12-13-19-15-9-6-5-8-14(15)18-4-2/h5-6,8-9,17H,3-4,7,10-13H2,1-2H3. The maximum atomic E-state index is 5.81. The van der Waals surface area contributed by atoms with Crippen LogP contribution in [0.5, 0.6) is 11.5 Å². The molecule has 3 nitrogen and oxygen atoms in total. The smallest absolute Gasteiger partial charge is 0.161 e. The maximum Gasteiger partial charge on any atom is 0.161 e. The molecule has 1 N–H and O–H groups in total. The molecule has 1 aromatic rings. The molecule has 1 aliphatic rings. The minimum absolute atomic E-state index is 0.392. The van der Waals surface area contributed by atoms with Crippen molar-refractivity contribution >= 4 is 0 Å². The van der Waals surface area contributed by atoms with E-state index in [9.17, 15) is 0 Å². The molecule has 0 unspecified atom stereocenters. The van der Waals surface area contributed by atoms with Crippen LogP contribution in [0.25, 0.3) is 0 Å². The summed E-state index contributed by atoms with van der Waals surface area (Å²) in [5.41, 5.74) is 0.392. The topological polar surface area (TPSA) is 30.5 Å². The van der Waals surface area contributed by atoms with Gasteiger partial charge in [0.1, 0.15) is 6.61 Å². The molecule has 0 radical (unpaired) electrons. The molecule has 0 saturated heterocycles. The van der Waals surface area contributed by atoms with Crippen molar-refractivity contribution in [2.45, 2.75) is 45.1 Å². The number of hydrogen-bond donors (Lipinski definition) is 1. The Hall–Kier alpha value is -1.22. The van der Waals surface area contributed by atoms with Crippen LogP contribution in [-0.2, 0) is 0 Å². The lowest BCUT2D eigenvalue weighted by Gasteiger charge is -2.42. The van der Waals surface area contributed by atoms with Gasteiger partial charge in [0.25, 0.3) is 0 Å². The zero-order valence-corrected chi connectivity index (χ0v) is 12.1. The van der Waals surface area contributed by atoms with Gasteiger partial charge in [-0.1, -0.05) is 19.1 Å². The fraction of sp³-hybridized carbons (Fsp3) is 0.625. The maximum absolute atomic E-state index is 5.81. The molecule has 0 spiro atoms. The Morgan fingerprint density at radius 3 is 2.32 bits per heavy atom. The van der Waals surface area contributed by atoms with E-state index in [-0.39, 0.29) is 0 Å². The molecular formula is C16H25NO2. The molecule has 3 heteroatoms. The van der Waals surface area contributed by atoms with Crippen LogP contribution in [0.2, 0.25) is 0 Å². The minimum atomic E-state index is 0.392. The van der Waals surface area contributed by atoms with Crippen molar-refractivity contribution in [2.75, 3.05) is 19.8 Å². The van der Waals surface area contributed by atoms with Crippen molar-refractivity contribution in [2.24, 2.45) is 0 Å². The van der Waals surface area contributed by atoms with E-state index in [1.165, 1.54) is 25.7 Å². The molecule has 1 aliphatic carbocycles. The van der Waals surface area contributed by atoms with Crippen LogP contribution in [0.3, 0.4) is 0 Å². The van der Waals surface area contributed by atoms with Gasteiger partial charge in [0.05, 0.1) is 6.61 Å². The van der Waals surface area contributed by atoms with E-state index in [2.05, 4.69) is 12.2 Å². The fourth-order valence-electron chi connectivity index (χ4n) is 2.58. The normalized spacial score (nSPS) is 16.7. The molecule has 106 valence electrons. The first kappa shape index (κ1) is 14.2. The molecule has 0 aromatic heterocycles. The number of hydrogen-bond acceptors (Lipinski definition) is 3. The summed E-state index contributed by atoms with van der Waals surface area (Å²) in [7, 11) is 0. The van der Waals surface area contributed by atoms with Gasteiger partial charge in [0, 0.05) is 12.1 Å². The molecule has 0 atom stereocenters. The van der Waals surface area contributed by atoms with Gasteiger partial charge in [-0.05, 0) is 44.7 Å². The summed E-state index contributed by atoms with van der Waals surface area (Å²) in [4.78, 5) is 0. The van der Waals surface area contributed by atoms with Crippen molar-refractivity contribution in [3.05, 3.63) is 24.3 Å². The molecule has 0 bridgehead atoms. The van der Waals surface area contributed by atoms with Gasteiger partial charge in [0.15, 0.2) is 11.5 Å². The van der Waals surface area contributed by atoms with Crippen LogP contribution in [0, 0.1) is 0 Å². The Kier molecular flexibility index (Phi) is 5.08. The van der Waals surface area contributed by atoms with E-state index in [4.69, 9.17) is 9.47 Å². The molecule has 1 fully saturated rings. The van der Waals surface area contributed by atoms with Crippen molar-refractivity contribution < 1.29 is 9.47 Å². The third-order valence-electron chi connectivity index (χ3n) is 4.00. The van der Waals surface area contributed by atoms with E-state index < -0.39 is 0 Å². The molecule has 0 aliphatic heterocycles. The summed E-state index contributed by atoms with van der Waals surface area (Å²) < 4.78 is 11.4. The number of ether oxygens (including phenoxy) is 2. The second-order valence-corrected chi connectivity index (χ2v) is 5.14. The quantitative estimate of drug-likeness (QED) is 0.729. The summed E-state index contributed by atoms with van der Waals surface area (Å²) in [6, 6.07) is 7.86. The Morgan fingerprint density at radius 1 is 1.11 bits per heavy atom. The third-order valence-corrected chi connectivity index (χ3v) is 4.00. The minimum Gasteiger partial charge on any atom is -0.490 e. The monoisotopic (exact) mass is 263 g/mol. The first-order valence-electron chi connectivity index (χ1n) is 7.39. The molecular weight excluding hydrogens is 238 g/mol. The van der Waals surface area contributed by atoms with Crippen molar-refractivity contribution in [3.8, 4) is 11.5 Å². The second-order valence-electron chi connectivity index (χ2n) is 5.14. The van der Waals surface area contributed by atoms with E-state index >= 15 is 0 Å².